The molecule has 19 heavy (non-hydrogen) atoms. The Hall–Kier alpha value is -1.22. The number of benzene rings is 1. The van der Waals surface area contributed by atoms with Gasteiger partial charge < -0.3 is 9.84 Å². The van der Waals surface area contributed by atoms with Crippen LogP contribution in [0.2, 0.25) is 0 Å². The first kappa shape index (κ1) is 14.2. The second-order valence-electron chi connectivity index (χ2n) is 5.62. The molecule has 0 bridgehead atoms. The van der Waals surface area contributed by atoms with E-state index in [2.05, 4.69) is 18.7 Å². The Morgan fingerprint density at radius 3 is 2.89 bits per heavy atom. The highest BCUT2D eigenvalue weighted by Gasteiger charge is 2.27. The minimum Gasteiger partial charge on any atom is -0.504 e. The molecule has 1 heterocycles. The fourth-order valence-electron chi connectivity index (χ4n) is 2.99. The lowest BCUT2D eigenvalue weighted by Gasteiger charge is -2.28. The van der Waals surface area contributed by atoms with E-state index in [9.17, 15) is 5.11 Å². The van der Waals surface area contributed by atoms with Gasteiger partial charge in [0.25, 0.3) is 0 Å². The number of phenols is 1. The predicted octanol–water partition coefficient (Wildman–Crippen LogP) is 3.41. The van der Waals surface area contributed by atoms with E-state index < -0.39 is 0 Å². The number of phenolic OH excluding ortho intramolecular Hbond substituents is 1. The minimum atomic E-state index is 0.304. The predicted molar refractivity (Wildman–Crippen MR) is 77.5 cm³/mol. The molecule has 0 aromatic heterocycles. The molecule has 1 unspecified atom stereocenters. The van der Waals surface area contributed by atoms with Gasteiger partial charge in [0.05, 0.1) is 6.61 Å². The lowest BCUT2D eigenvalue weighted by atomic mass is 10.0. The van der Waals surface area contributed by atoms with Crippen molar-refractivity contribution in [1.29, 1.82) is 0 Å². The maximum Gasteiger partial charge on any atom is 0.162 e. The second-order valence-corrected chi connectivity index (χ2v) is 5.62. The molecule has 1 fully saturated rings. The average molecular weight is 263 g/mol. The quantitative estimate of drug-likeness (QED) is 0.883. The van der Waals surface area contributed by atoms with Gasteiger partial charge in [0.1, 0.15) is 0 Å². The molecule has 0 amide bonds. The largest absolute Gasteiger partial charge is 0.504 e. The lowest BCUT2D eigenvalue weighted by molar-refractivity contribution is 0.196. The van der Waals surface area contributed by atoms with Crippen LogP contribution in [-0.2, 0) is 6.54 Å². The summed E-state index contributed by atoms with van der Waals surface area (Å²) in [6.07, 6.45) is 2.53. The fourth-order valence-corrected chi connectivity index (χ4v) is 2.99. The van der Waals surface area contributed by atoms with Gasteiger partial charge in [-0.25, -0.2) is 0 Å². The maximum absolute atomic E-state index is 10.3. The van der Waals surface area contributed by atoms with E-state index in [1.54, 1.807) is 0 Å². The molecule has 2 rings (SSSR count). The van der Waals surface area contributed by atoms with E-state index in [1.165, 1.54) is 12.8 Å². The summed E-state index contributed by atoms with van der Waals surface area (Å²) >= 11 is 0. The van der Waals surface area contributed by atoms with Gasteiger partial charge in [-0.1, -0.05) is 26.0 Å². The van der Waals surface area contributed by atoms with Crippen LogP contribution in [0, 0.1) is 5.92 Å². The van der Waals surface area contributed by atoms with Crippen LogP contribution < -0.4 is 4.74 Å². The van der Waals surface area contributed by atoms with Gasteiger partial charge in [-0.2, -0.15) is 0 Å². The summed E-state index contributed by atoms with van der Waals surface area (Å²) in [7, 11) is 0. The monoisotopic (exact) mass is 263 g/mol. The SMILES string of the molecule is CCOc1cccc(CN2CCCC2C(C)C)c1O. The van der Waals surface area contributed by atoms with Crippen LogP contribution in [0.4, 0.5) is 0 Å². The third-order valence-corrected chi connectivity index (χ3v) is 3.94. The number of para-hydroxylation sites is 1. The van der Waals surface area contributed by atoms with Gasteiger partial charge in [0, 0.05) is 18.2 Å². The summed E-state index contributed by atoms with van der Waals surface area (Å²) in [5.74, 6) is 1.57. The van der Waals surface area contributed by atoms with E-state index in [-0.39, 0.29) is 0 Å². The highest BCUT2D eigenvalue weighted by atomic mass is 16.5. The van der Waals surface area contributed by atoms with Crippen molar-refractivity contribution < 1.29 is 9.84 Å². The van der Waals surface area contributed by atoms with Crippen molar-refractivity contribution in [2.45, 2.75) is 46.2 Å². The number of aromatic hydroxyl groups is 1. The van der Waals surface area contributed by atoms with Gasteiger partial charge in [0.2, 0.25) is 0 Å². The molecular formula is C16H25NO2. The van der Waals surface area contributed by atoms with Gasteiger partial charge in [-0.05, 0) is 38.3 Å². The summed E-state index contributed by atoms with van der Waals surface area (Å²) in [4.78, 5) is 2.48. The molecule has 0 aliphatic carbocycles. The molecule has 1 saturated heterocycles. The first-order valence-corrected chi connectivity index (χ1v) is 7.31. The molecule has 3 nitrogen and oxygen atoms in total. The molecule has 1 N–H and O–H groups in total. The van der Waals surface area contributed by atoms with Gasteiger partial charge in [-0.15, -0.1) is 0 Å². The van der Waals surface area contributed by atoms with Crippen LogP contribution in [0.25, 0.3) is 0 Å². The van der Waals surface area contributed by atoms with Crippen molar-refractivity contribution in [2.24, 2.45) is 5.92 Å². The molecule has 0 radical (unpaired) electrons. The topological polar surface area (TPSA) is 32.7 Å². The standard InChI is InChI=1S/C16H25NO2/c1-4-19-15-9-5-7-13(16(15)18)11-17-10-6-8-14(17)12(2)3/h5,7,9,12,14,18H,4,6,8,10-11H2,1-3H3. The van der Waals surface area contributed by atoms with E-state index in [4.69, 9.17) is 4.74 Å². The van der Waals surface area contributed by atoms with Crippen molar-refractivity contribution in [3.63, 3.8) is 0 Å². The van der Waals surface area contributed by atoms with Gasteiger partial charge in [-0.3, -0.25) is 4.90 Å². The Kier molecular flexibility index (Phi) is 4.70. The number of rotatable bonds is 5. The molecule has 1 aliphatic rings. The normalized spacial score (nSPS) is 20.1. The molecule has 1 aromatic rings. The van der Waals surface area contributed by atoms with Crippen molar-refractivity contribution >= 4 is 0 Å². The Labute approximate surface area is 116 Å². The van der Waals surface area contributed by atoms with Crippen molar-refractivity contribution in [3.8, 4) is 11.5 Å². The summed E-state index contributed by atoms with van der Waals surface area (Å²) < 4.78 is 5.45. The Balaban J connectivity index is 2.12. The van der Waals surface area contributed by atoms with Crippen LogP contribution in [0.5, 0.6) is 11.5 Å². The average Bonchev–Trinajstić information content (AvgIpc) is 2.83. The van der Waals surface area contributed by atoms with Crippen LogP contribution >= 0.6 is 0 Å². The third kappa shape index (κ3) is 3.21. The van der Waals surface area contributed by atoms with Crippen molar-refractivity contribution in [2.75, 3.05) is 13.2 Å². The molecule has 1 aromatic carbocycles. The first-order valence-electron chi connectivity index (χ1n) is 7.31. The van der Waals surface area contributed by atoms with Crippen LogP contribution in [0.15, 0.2) is 18.2 Å². The highest BCUT2D eigenvalue weighted by Crippen LogP contribution is 2.33. The zero-order valence-electron chi connectivity index (χ0n) is 12.2. The summed E-state index contributed by atoms with van der Waals surface area (Å²) in [5, 5.41) is 10.3. The first-order chi connectivity index (χ1) is 9.13. The molecule has 106 valence electrons. The zero-order chi connectivity index (χ0) is 13.8. The maximum atomic E-state index is 10.3. The van der Waals surface area contributed by atoms with Crippen molar-refractivity contribution in [1.82, 2.24) is 4.90 Å². The molecule has 3 heteroatoms. The zero-order valence-corrected chi connectivity index (χ0v) is 12.2. The van der Waals surface area contributed by atoms with Crippen LogP contribution in [0.3, 0.4) is 0 Å². The highest BCUT2D eigenvalue weighted by molar-refractivity contribution is 5.45. The molecule has 1 atom stereocenters. The van der Waals surface area contributed by atoms with E-state index in [1.807, 2.05) is 25.1 Å². The van der Waals surface area contributed by atoms with E-state index in [0.29, 0.717) is 30.1 Å². The van der Waals surface area contributed by atoms with Gasteiger partial charge in [0.15, 0.2) is 11.5 Å². The van der Waals surface area contributed by atoms with Crippen LogP contribution in [0.1, 0.15) is 39.2 Å². The fraction of sp³-hybridized carbons (Fsp3) is 0.625. The number of ether oxygens (including phenoxy) is 1. The molecule has 0 saturated carbocycles. The number of nitrogens with zero attached hydrogens (tertiary/aromatic N) is 1. The van der Waals surface area contributed by atoms with E-state index >= 15 is 0 Å². The van der Waals surface area contributed by atoms with Gasteiger partial charge >= 0.3 is 0 Å². The Morgan fingerprint density at radius 2 is 2.21 bits per heavy atom. The second kappa shape index (κ2) is 6.29. The molecule has 0 spiro atoms. The van der Waals surface area contributed by atoms with E-state index in [0.717, 1.165) is 18.7 Å². The molecular weight excluding hydrogens is 238 g/mol. The Morgan fingerprint density at radius 1 is 1.42 bits per heavy atom. The summed E-state index contributed by atoms with van der Waals surface area (Å²) in [5.41, 5.74) is 0.971. The summed E-state index contributed by atoms with van der Waals surface area (Å²) in [6, 6.07) is 6.41. The minimum absolute atomic E-state index is 0.304. The number of likely N-dealkylation sites (tertiary alicyclic amines) is 1. The lowest BCUT2D eigenvalue weighted by Crippen LogP contribution is -2.32. The number of hydrogen-bond donors (Lipinski definition) is 1. The smallest absolute Gasteiger partial charge is 0.162 e. The van der Waals surface area contributed by atoms with Crippen molar-refractivity contribution in [3.05, 3.63) is 23.8 Å². The summed E-state index contributed by atoms with van der Waals surface area (Å²) in [6.45, 7) is 9.01. The Bertz CT molecular complexity index is 417. The third-order valence-electron chi connectivity index (χ3n) is 3.94. The number of hydrogen-bond acceptors (Lipinski definition) is 3. The van der Waals surface area contributed by atoms with Crippen LogP contribution in [-0.4, -0.2) is 29.2 Å². The molecule has 1 aliphatic heterocycles.